The molecule has 0 radical (unpaired) electrons. The van der Waals surface area contributed by atoms with Crippen LogP contribution in [0, 0.1) is 12.3 Å². The molecule has 2 fully saturated rings. The minimum atomic E-state index is -1.14. The number of anilines is 1. The number of carbonyl (C=O) groups is 2. The van der Waals surface area contributed by atoms with Gasteiger partial charge in [0.15, 0.2) is 0 Å². The number of amides is 2. The summed E-state index contributed by atoms with van der Waals surface area (Å²) in [6, 6.07) is 17.5. The number of terminal acetylenes is 1. The van der Waals surface area contributed by atoms with Crippen molar-refractivity contribution in [2.45, 2.75) is 42.7 Å². The Hall–Kier alpha value is -3.50. The molecular formula is C32H29Cl2N3O3. The lowest BCUT2D eigenvalue weighted by Crippen LogP contribution is -2.55. The maximum atomic E-state index is 14.1. The van der Waals surface area contributed by atoms with E-state index in [0.717, 1.165) is 37.1 Å². The highest BCUT2D eigenvalue weighted by molar-refractivity contribution is 6.31. The smallest absolute Gasteiger partial charge is 0.237 e. The molecule has 0 aromatic heterocycles. The molecule has 0 unspecified atom stereocenters. The zero-order valence-corrected chi connectivity index (χ0v) is 23.6. The molecule has 6 rings (SSSR count). The number of carbonyl (C=O) groups excluding carboxylic acids is 2. The second kappa shape index (κ2) is 10.5. The lowest BCUT2D eigenvalue weighted by atomic mass is 9.63. The van der Waals surface area contributed by atoms with Crippen molar-refractivity contribution in [1.82, 2.24) is 10.2 Å². The first kappa shape index (κ1) is 26.7. The van der Waals surface area contributed by atoms with Crippen LogP contribution in [-0.4, -0.2) is 43.0 Å². The van der Waals surface area contributed by atoms with Crippen molar-refractivity contribution in [1.29, 1.82) is 0 Å². The molecule has 3 atom stereocenters. The van der Waals surface area contributed by atoms with Gasteiger partial charge in [-0.05, 0) is 79.9 Å². The highest BCUT2D eigenvalue weighted by atomic mass is 35.5. The molecule has 0 saturated carbocycles. The van der Waals surface area contributed by atoms with Crippen molar-refractivity contribution in [3.05, 3.63) is 93.0 Å². The number of nitrogens with one attached hydrogen (secondary N) is 2. The van der Waals surface area contributed by atoms with E-state index in [1.807, 2.05) is 36.4 Å². The summed E-state index contributed by atoms with van der Waals surface area (Å²) in [5.74, 6) is 2.32. The quantitative estimate of drug-likeness (QED) is 0.394. The molecule has 2 saturated heterocycles. The standard InChI is InChI=1S/C32H29Cl2N3O3/c1-3-19-7-10-28(40-23-11-13-37(2)14-12-23)24(15-19)29-32(26-9-8-22(34)17-27(26)35-31(32)39)18-25(30(38)36-29)20-5-4-6-21(33)16-20/h1,4-10,15-17,23,25,29H,11-14,18H2,2H3,(H,35,39)(H,36,38)/t25-,29-,32-/m1/s1. The van der Waals surface area contributed by atoms with Crippen LogP contribution in [0.15, 0.2) is 60.7 Å². The van der Waals surface area contributed by atoms with Crippen LogP contribution in [0.3, 0.4) is 0 Å². The first-order chi connectivity index (χ1) is 19.3. The Labute approximate surface area is 244 Å². The number of likely N-dealkylation sites (tertiary alicyclic amines) is 1. The molecule has 3 aliphatic rings. The number of benzene rings is 3. The summed E-state index contributed by atoms with van der Waals surface area (Å²) in [4.78, 5) is 30.2. The fourth-order valence-electron chi connectivity index (χ4n) is 6.34. The van der Waals surface area contributed by atoms with E-state index in [1.54, 1.807) is 24.3 Å². The number of fused-ring (bicyclic) bond motifs is 2. The Kier molecular flexibility index (Phi) is 7.00. The Morgan fingerprint density at radius 1 is 1.02 bits per heavy atom. The van der Waals surface area contributed by atoms with Gasteiger partial charge in [0.1, 0.15) is 17.3 Å². The maximum Gasteiger partial charge on any atom is 0.237 e. The molecule has 3 heterocycles. The second-order valence-electron chi connectivity index (χ2n) is 10.9. The van der Waals surface area contributed by atoms with E-state index in [0.29, 0.717) is 32.6 Å². The Bertz CT molecular complexity index is 1540. The lowest BCUT2D eigenvalue weighted by molar-refractivity contribution is -0.131. The summed E-state index contributed by atoms with van der Waals surface area (Å²) in [5.41, 5.74) is 2.34. The van der Waals surface area contributed by atoms with Gasteiger partial charge in [-0.1, -0.05) is 47.3 Å². The molecule has 8 heteroatoms. The molecule has 204 valence electrons. The molecule has 1 spiro atoms. The molecule has 0 bridgehead atoms. The summed E-state index contributed by atoms with van der Waals surface area (Å²) in [6.07, 6.45) is 7.83. The number of halogens is 2. The van der Waals surface area contributed by atoms with E-state index >= 15 is 0 Å². The van der Waals surface area contributed by atoms with Crippen molar-refractivity contribution in [2.75, 3.05) is 25.5 Å². The van der Waals surface area contributed by atoms with Crippen molar-refractivity contribution in [3.63, 3.8) is 0 Å². The van der Waals surface area contributed by atoms with Gasteiger partial charge in [0.05, 0.1) is 12.0 Å². The average Bonchev–Trinajstić information content (AvgIpc) is 3.21. The highest BCUT2D eigenvalue weighted by Gasteiger charge is 2.58. The summed E-state index contributed by atoms with van der Waals surface area (Å²) in [7, 11) is 2.10. The monoisotopic (exact) mass is 573 g/mol. The SMILES string of the molecule is C#Cc1ccc(OC2CCN(C)CC2)c([C@H]2NC(=O)[C@@H](c3cccc(Cl)c3)C[C@]23C(=O)Nc2cc(Cl)ccc23)c1. The van der Waals surface area contributed by atoms with E-state index in [2.05, 4.69) is 28.5 Å². The van der Waals surface area contributed by atoms with Gasteiger partial charge in [-0.3, -0.25) is 9.59 Å². The Balaban J connectivity index is 1.50. The van der Waals surface area contributed by atoms with E-state index in [-0.39, 0.29) is 24.3 Å². The molecule has 2 N–H and O–H groups in total. The number of rotatable bonds is 4. The van der Waals surface area contributed by atoms with Crippen molar-refractivity contribution in [3.8, 4) is 18.1 Å². The number of ether oxygens (including phenoxy) is 1. The third-order valence-corrected chi connectivity index (χ3v) is 8.91. The van der Waals surface area contributed by atoms with Gasteiger partial charge in [0.2, 0.25) is 11.8 Å². The summed E-state index contributed by atoms with van der Waals surface area (Å²) in [6.45, 7) is 1.87. The minimum absolute atomic E-state index is 0.0181. The van der Waals surface area contributed by atoms with Crippen molar-refractivity contribution < 1.29 is 14.3 Å². The molecule has 6 nitrogen and oxygen atoms in total. The van der Waals surface area contributed by atoms with Crippen molar-refractivity contribution >= 4 is 40.7 Å². The molecule has 3 aromatic rings. The fourth-order valence-corrected chi connectivity index (χ4v) is 6.71. The third-order valence-electron chi connectivity index (χ3n) is 8.44. The normalized spacial score (nSPS) is 24.8. The Morgan fingerprint density at radius 2 is 1.80 bits per heavy atom. The van der Waals surface area contributed by atoms with Crippen LogP contribution in [0.25, 0.3) is 0 Å². The van der Waals surface area contributed by atoms with Crippen LogP contribution in [-0.2, 0) is 15.0 Å². The molecule has 40 heavy (non-hydrogen) atoms. The van der Waals surface area contributed by atoms with Gasteiger partial charge >= 0.3 is 0 Å². The van der Waals surface area contributed by atoms with E-state index in [4.69, 9.17) is 34.4 Å². The van der Waals surface area contributed by atoms with Gasteiger partial charge in [0, 0.05) is 39.9 Å². The highest BCUT2D eigenvalue weighted by Crippen LogP contribution is 2.55. The predicted molar refractivity (Wildman–Crippen MR) is 157 cm³/mol. The summed E-state index contributed by atoms with van der Waals surface area (Å²) < 4.78 is 6.58. The van der Waals surface area contributed by atoms with Crippen LogP contribution in [0.1, 0.15) is 53.5 Å². The third kappa shape index (κ3) is 4.62. The molecular weight excluding hydrogens is 545 g/mol. The van der Waals surface area contributed by atoms with Crippen LogP contribution >= 0.6 is 23.2 Å². The number of nitrogens with zero attached hydrogens (tertiary/aromatic N) is 1. The lowest BCUT2D eigenvalue weighted by Gasteiger charge is -2.44. The fraction of sp³-hybridized carbons (Fsp3) is 0.312. The van der Waals surface area contributed by atoms with E-state index < -0.39 is 17.4 Å². The predicted octanol–water partition coefficient (Wildman–Crippen LogP) is 5.68. The topological polar surface area (TPSA) is 70.7 Å². The van der Waals surface area contributed by atoms with Gasteiger partial charge in [-0.2, -0.15) is 0 Å². The summed E-state index contributed by atoms with van der Waals surface area (Å²) in [5, 5.41) is 7.31. The van der Waals surface area contributed by atoms with Crippen molar-refractivity contribution in [2.24, 2.45) is 0 Å². The zero-order chi connectivity index (χ0) is 28.0. The first-order valence-corrected chi connectivity index (χ1v) is 14.2. The molecule has 2 amide bonds. The van der Waals surface area contributed by atoms with Gasteiger partial charge < -0.3 is 20.3 Å². The van der Waals surface area contributed by atoms with Crippen LogP contribution in [0.2, 0.25) is 10.0 Å². The number of hydrogen-bond donors (Lipinski definition) is 2. The van der Waals surface area contributed by atoms with Crippen LogP contribution in [0.5, 0.6) is 5.75 Å². The molecule has 3 aliphatic heterocycles. The summed E-state index contributed by atoms with van der Waals surface area (Å²) >= 11 is 12.6. The van der Waals surface area contributed by atoms with Crippen LogP contribution < -0.4 is 15.4 Å². The number of piperidine rings is 2. The van der Waals surface area contributed by atoms with E-state index in [1.165, 1.54) is 0 Å². The minimum Gasteiger partial charge on any atom is -0.490 e. The molecule has 0 aliphatic carbocycles. The van der Waals surface area contributed by atoms with E-state index in [9.17, 15) is 9.59 Å². The Morgan fingerprint density at radius 3 is 2.55 bits per heavy atom. The average molecular weight is 575 g/mol. The van der Waals surface area contributed by atoms with Gasteiger partial charge in [-0.25, -0.2) is 0 Å². The van der Waals surface area contributed by atoms with Gasteiger partial charge in [-0.15, -0.1) is 6.42 Å². The first-order valence-electron chi connectivity index (χ1n) is 13.4. The largest absolute Gasteiger partial charge is 0.490 e. The number of hydrogen-bond acceptors (Lipinski definition) is 4. The van der Waals surface area contributed by atoms with Crippen LogP contribution in [0.4, 0.5) is 5.69 Å². The second-order valence-corrected chi connectivity index (χ2v) is 11.8. The molecule has 3 aromatic carbocycles. The zero-order valence-electron chi connectivity index (χ0n) is 22.0. The van der Waals surface area contributed by atoms with Gasteiger partial charge in [0.25, 0.3) is 0 Å². The maximum absolute atomic E-state index is 14.1.